The van der Waals surface area contributed by atoms with Crippen molar-refractivity contribution in [2.45, 2.75) is 39.8 Å². The number of hydrogen-bond donors (Lipinski definition) is 1. The topological polar surface area (TPSA) is 51.9 Å². The minimum absolute atomic E-state index is 0.0513. The average molecular weight is 389 g/mol. The van der Waals surface area contributed by atoms with Crippen LogP contribution in [0.15, 0.2) is 41.0 Å². The molecule has 126 valence electrons. The van der Waals surface area contributed by atoms with E-state index in [0.717, 1.165) is 46.3 Å². The van der Waals surface area contributed by atoms with E-state index in [1.807, 2.05) is 40.4 Å². The lowest BCUT2D eigenvalue weighted by Gasteiger charge is -2.11. The second-order valence-electron chi connectivity index (χ2n) is 5.84. The lowest BCUT2D eigenvalue weighted by atomic mass is 10.2. The van der Waals surface area contributed by atoms with Crippen molar-refractivity contribution in [2.24, 2.45) is 0 Å². The van der Waals surface area contributed by atoms with Crippen LogP contribution in [0.5, 0.6) is 0 Å². The van der Waals surface area contributed by atoms with Gasteiger partial charge in [-0.05, 0) is 35.3 Å². The zero-order valence-electron chi connectivity index (χ0n) is 13.9. The summed E-state index contributed by atoms with van der Waals surface area (Å²) in [7, 11) is 0. The summed E-state index contributed by atoms with van der Waals surface area (Å²) in [6, 6.07) is 9.92. The first-order valence-corrected chi connectivity index (χ1v) is 8.96. The number of carbonyl (C=O) groups excluding carboxylic acids is 1. The lowest BCUT2D eigenvalue weighted by Crippen LogP contribution is -2.21. The van der Waals surface area contributed by atoms with E-state index in [0.29, 0.717) is 0 Å². The molecule has 2 heterocycles. The molecule has 0 unspecified atom stereocenters. The van der Waals surface area contributed by atoms with Crippen LogP contribution in [0.1, 0.15) is 25.5 Å². The predicted octanol–water partition coefficient (Wildman–Crippen LogP) is 4.35. The SMILES string of the molecule is CCCCn1nccc1NC(=O)Cn1c(C)c(Br)c2ccccc21. The molecule has 0 radical (unpaired) electrons. The highest BCUT2D eigenvalue weighted by atomic mass is 79.9. The molecule has 24 heavy (non-hydrogen) atoms. The Morgan fingerprint density at radius 1 is 1.29 bits per heavy atom. The number of benzene rings is 1. The van der Waals surface area contributed by atoms with Gasteiger partial charge in [0.15, 0.2) is 0 Å². The van der Waals surface area contributed by atoms with Crippen molar-refractivity contribution in [3.8, 4) is 0 Å². The molecule has 0 aliphatic heterocycles. The van der Waals surface area contributed by atoms with E-state index < -0.39 is 0 Å². The van der Waals surface area contributed by atoms with Crippen LogP contribution >= 0.6 is 15.9 Å². The average Bonchev–Trinajstić information content (AvgIpc) is 3.12. The summed E-state index contributed by atoms with van der Waals surface area (Å²) < 4.78 is 4.92. The van der Waals surface area contributed by atoms with Crippen LogP contribution in [-0.4, -0.2) is 20.3 Å². The van der Waals surface area contributed by atoms with Gasteiger partial charge in [-0.2, -0.15) is 5.10 Å². The number of nitrogens with one attached hydrogen (secondary N) is 1. The largest absolute Gasteiger partial charge is 0.334 e. The normalized spacial score (nSPS) is 11.1. The Morgan fingerprint density at radius 2 is 2.08 bits per heavy atom. The molecule has 5 nitrogen and oxygen atoms in total. The van der Waals surface area contributed by atoms with E-state index in [9.17, 15) is 4.79 Å². The first-order chi connectivity index (χ1) is 11.6. The molecular formula is C18H21BrN4O. The highest BCUT2D eigenvalue weighted by molar-refractivity contribution is 9.10. The molecule has 1 aromatic carbocycles. The van der Waals surface area contributed by atoms with Gasteiger partial charge in [0.1, 0.15) is 12.4 Å². The van der Waals surface area contributed by atoms with E-state index in [2.05, 4.69) is 39.3 Å². The van der Waals surface area contributed by atoms with Gasteiger partial charge in [0, 0.05) is 33.7 Å². The third-order valence-electron chi connectivity index (χ3n) is 4.16. The van der Waals surface area contributed by atoms with E-state index in [4.69, 9.17) is 0 Å². The molecule has 1 amide bonds. The fourth-order valence-corrected chi connectivity index (χ4v) is 3.39. The van der Waals surface area contributed by atoms with Gasteiger partial charge in [-0.3, -0.25) is 4.79 Å². The Hall–Kier alpha value is -2.08. The standard InChI is InChI=1S/C18H21BrN4O/c1-3-4-11-23-16(9-10-20-23)21-17(24)12-22-13(2)18(19)14-7-5-6-8-15(14)22/h5-10H,3-4,11-12H2,1-2H3,(H,21,24). The lowest BCUT2D eigenvalue weighted by molar-refractivity contribution is -0.116. The van der Waals surface area contributed by atoms with Gasteiger partial charge < -0.3 is 9.88 Å². The number of unbranched alkanes of at least 4 members (excludes halogenated alkanes) is 1. The monoisotopic (exact) mass is 388 g/mol. The summed E-state index contributed by atoms with van der Waals surface area (Å²) in [5, 5.41) is 8.37. The van der Waals surface area contributed by atoms with Crippen molar-refractivity contribution in [3.05, 3.63) is 46.7 Å². The van der Waals surface area contributed by atoms with Crippen molar-refractivity contribution >= 4 is 38.6 Å². The van der Waals surface area contributed by atoms with Gasteiger partial charge >= 0.3 is 0 Å². The van der Waals surface area contributed by atoms with Crippen molar-refractivity contribution in [1.29, 1.82) is 0 Å². The number of amides is 1. The van der Waals surface area contributed by atoms with Crippen molar-refractivity contribution in [2.75, 3.05) is 5.32 Å². The molecule has 0 atom stereocenters. The Morgan fingerprint density at radius 3 is 2.88 bits per heavy atom. The number of aryl methyl sites for hydroxylation is 1. The van der Waals surface area contributed by atoms with Gasteiger partial charge in [-0.15, -0.1) is 0 Å². The first-order valence-electron chi connectivity index (χ1n) is 8.16. The number of para-hydroxylation sites is 1. The van der Waals surface area contributed by atoms with Crippen LogP contribution in [0.4, 0.5) is 5.82 Å². The molecule has 0 aliphatic carbocycles. The molecule has 0 saturated carbocycles. The second-order valence-corrected chi connectivity index (χ2v) is 6.64. The number of nitrogens with zero attached hydrogens (tertiary/aromatic N) is 3. The molecular weight excluding hydrogens is 368 g/mol. The quantitative estimate of drug-likeness (QED) is 0.682. The Balaban J connectivity index is 1.79. The number of anilines is 1. The van der Waals surface area contributed by atoms with Gasteiger partial charge in [0.25, 0.3) is 0 Å². The van der Waals surface area contributed by atoms with Crippen molar-refractivity contribution < 1.29 is 4.79 Å². The number of fused-ring (bicyclic) bond motifs is 1. The van der Waals surface area contributed by atoms with Crippen LogP contribution in [0.25, 0.3) is 10.9 Å². The number of aromatic nitrogens is 3. The van der Waals surface area contributed by atoms with Crippen LogP contribution in [0, 0.1) is 6.92 Å². The first kappa shape index (κ1) is 16.8. The molecule has 0 saturated heterocycles. The third kappa shape index (κ3) is 3.24. The summed E-state index contributed by atoms with van der Waals surface area (Å²) in [5.41, 5.74) is 2.10. The molecule has 0 bridgehead atoms. The number of hydrogen-bond acceptors (Lipinski definition) is 2. The summed E-state index contributed by atoms with van der Waals surface area (Å²) in [6.07, 6.45) is 3.85. The molecule has 0 spiro atoms. The fraction of sp³-hybridized carbons (Fsp3) is 0.333. The number of rotatable bonds is 6. The van der Waals surface area contributed by atoms with E-state index in [-0.39, 0.29) is 12.5 Å². The number of halogens is 1. The predicted molar refractivity (Wildman–Crippen MR) is 100 cm³/mol. The summed E-state index contributed by atoms with van der Waals surface area (Å²) in [4.78, 5) is 12.5. The molecule has 3 rings (SSSR count). The van der Waals surface area contributed by atoms with Crippen LogP contribution in [-0.2, 0) is 17.9 Å². The van der Waals surface area contributed by atoms with Crippen molar-refractivity contribution in [3.63, 3.8) is 0 Å². The smallest absolute Gasteiger partial charge is 0.245 e. The molecule has 1 N–H and O–H groups in total. The van der Waals surface area contributed by atoms with Gasteiger partial charge in [-0.1, -0.05) is 31.5 Å². The van der Waals surface area contributed by atoms with Crippen LogP contribution < -0.4 is 5.32 Å². The minimum atomic E-state index is -0.0513. The zero-order valence-corrected chi connectivity index (χ0v) is 15.5. The number of carbonyl (C=O) groups is 1. The maximum absolute atomic E-state index is 12.5. The third-order valence-corrected chi connectivity index (χ3v) is 5.16. The maximum Gasteiger partial charge on any atom is 0.245 e. The molecule has 6 heteroatoms. The molecule has 0 aliphatic rings. The van der Waals surface area contributed by atoms with Crippen LogP contribution in [0.3, 0.4) is 0 Å². The molecule has 0 fully saturated rings. The van der Waals surface area contributed by atoms with Gasteiger partial charge in [0.2, 0.25) is 5.91 Å². The molecule has 3 aromatic rings. The van der Waals surface area contributed by atoms with E-state index in [1.165, 1.54) is 0 Å². The summed E-state index contributed by atoms with van der Waals surface area (Å²) in [5.74, 6) is 0.700. The fourth-order valence-electron chi connectivity index (χ4n) is 2.84. The van der Waals surface area contributed by atoms with Gasteiger partial charge in [-0.25, -0.2) is 4.68 Å². The van der Waals surface area contributed by atoms with Gasteiger partial charge in [0.05, 0.1) is 6.20 Å². The highest BCUT2D eigenvalue weighted by Crippen LogP contribution is 2.30. The van der Waals surface area contributed by atoms with Crippen molar-refractivity contribution in [1.82, 2.24) is 14.3 Å². The summed E-state index contributed by atoms with van der Waals surface area (Å²) >= 11 is 3.63. The van der Waals surface area contributed by atoms with E-state index in [1.54, 1.807) is 6.20 Å². The zero-order chi connectivity index (χ0) is 17.1. The summed E-state index contributed by atoms with van der Waals surface area (Å²) in [6.45, 7) is 5.25. The maximum atomic E-state index is 12.5. The minimum Gasteiger partial charge on any atom is -0.334 e. The van der Waals surface area contributed by atoms with Crippen LogP contribution in [0.2, 0.25) is 0 Å². The molecule has 2 aromatic heterocycles. The second kappa shape index (κ2) is 7.21. The Bertz CT molecular complexity index is 865. The Kier molecular flexibility index (Phi) is 5.04. The van der Waals surface area contributed by atoms with E-state index >= 15 is 0 Å². The Labute approximate surface area is 149 Å². The highest BCUT2D eigenvalue weighted by Gasteiger charge is 2.15.